The summed E-state index contributed by atoms with van der Waals surface area (Å²) in [4.78, 5) is 17.0. The van der Waals surface area contributed by atoms with Gasteiger partial charge in [-0.15, -0.1) is 11.3 Å². The van der Waals surface area contributed by atoms with E-state index in [9.17, 15) is 4.79 Å². The SMILES string of the molecule is Cc1nc(COc2ccccc2C(=O)Nc2ccc(C(C)C)cc2)cs1. The molecule has 0 fully saturated rings. The molecule has 0 radical (unpaired) electrons. The van der Waals surface area contributed by atoms with Gasteiger partial charge in [-0.1, -0.05) is 38.1 Å². The number of amides is 1. The molecule has 3 rings (SSSR count). The van der Waals surface area contributed by atoms with Gasteiger partial charge in [0, 0.05) is 11.1 Å². The molecule has 0 atom stereocenters. The summed E-state index contributed by atoms with van der Waals surface area (Å²) in [5.41, 5.74) is 3.38. The molecule has 1 amide bonds. The number of para-hydroxylation sites is 1. The van der Waals surface area contributed by atoms with Crippen LogP contribution in [0, 0.1) is 6.92 Å². The van der Waals surface area contributed by atoms with Crippen molar-refractivity contribution in [3.8, 4) is 5.75 Å². The van der Waals surface area contributed by atoms with E-state index in [-0.39, 0.29) is 5.91 Å². The average Bonchev–Trinajstić information content (AvgIpc) is 3.06. The van der Waals surface area contributed by atoms with Crippen LogP contribution in [0.2, 0.25) is 0 Å². The van der Waals surface area contributed by atoms with Crippen LogP contribution in [-0.2, 0) is 6.61 Å². The van der Waals surface area contributed by atoms with Gasteiger partial charge in [0.1, 0.15) is 12.4 Å². The second-order valence-electron chi connectivity index (χ2n) is 6.37. The third-order valence-electron chi connectivity index (χ3n) is 4.01. The Hall–Kier alpha value is -2.66. The number of nitrogens with zero attached hydrogens (tertiary/aromatic N) is 1. The van der Waals surface area contributed by atoms with Gasteiger partial charge in [0.25, 0.3) is 5.91 Å². The van der Waals surface area contributed by atoms with Crippen molar-refractivity contribution in [3.63, 3.8) is 0 Å². The number of carbonyl (C=O) groups excluding carboxylic acids is 1. The Labute approximate surface area is 157 Å². The lowest BCUT2D eigenvalue weighted by molar-refractivity contribution is 0.102. The number of aromatic nitrogens is 1. The summed E-state index contributed by atoms with van der Waals surface area (Å²) in [7, 11) is 0. The molecule has 0 saturated carbocycles. The van der Waals surface area contributed by atoms with Crippen molar-refractivity contribution in [1.29, 1.82) is 0 Å². The quantitative estimate of drug-likeness (QED) is 0.635. The molecule has 3 aromatic rings. The molecule has 0 unspecified atom stereocenters. The molecule has 2 aromatic carbocycles. The fourth-order valence-corrected chi connectivity index (χ4v) is 3.15. The predicted octanol–water partition coefficient (Wildman–Crippen LogP) is 5.41. The van der Waals surface area contributed by atoms with Gasteiger partial charge < -0.3 is 10.1 Å². The van der Waals surface area contributed by atoms with E-state index in [1.54, 1.807) is 23.5 Å². The lowest BCUT2D eigenvalue weighted by Gasteiger charge is -2.12. The zero-order valence-corrected chi connectivity index (χ0v) is 16.0. The van der Waals surface area contributed by atoms with Gasteiger partial charge in [-0.25, -0.2) is 4.98 Å². The topological polar surface area (TPSA) is 51.2 Å². The van der Waals surface area contributed by atoms with Gasteiger partial charge in [-0.05, 0) is 42.7 Å². The molecule has 0 saturated heterocycles. The number of anilines is 1. The van der Waals surface area contributed by atoms with Crippen LogP contribution in [0.15, 0.2) is 53.9 Å². The van der Waals surface area contributed by atoms with E-state index < -0.39 is 0 Å². The number of aryl methyl sites for hydroxylation is 1. The molecule has 4 nitrogen and oxygen atoms in total. The molecule has 1 heterocycles. The average molecular weight is 366 g/mol. The molecule has 26 heavy (non-hydrogen) atoms. The third-order valence-corrected chi connectivity index (χ3v) is 4.83. The van der Waals surface area contributed by atoms with Gasteiger partial charge in [0.15, 0.2) is 0 Å². The monoisotopic (exact) mass is 366 g/mol. The van der Waals surface area contributed by atoms with Crippen molar-refractivity contribution in [2.24, 2.45) is 0 Å². The number of rotatable bonds is 6. The highest BCUT2D eigenvalue weighted by molar-refractivity contribution is 7.09. The number of ether oxygens (including phenoxy) is 1. The van der Waals surface area contributed by atoms with Crippen LogP contribution in [0.1, 0.15) is 46.4 Å². The van der Waals surface area contributed by atoms with Crippen LogP contribution in [0.5, 0.6) is 5.75 Å². The van der Waals surface area contributed by atoms with E-state index in [1.165, 1.54) is 5.56 Å². The standard InChI is InChI=1S/C21H22N2O2S/c1-14(2)16-8-10-17(11-9-16)23-21(24)19-6-4-5-7-20(19)25-12-18-13-26-15(3)22-18/h4-11,13-14H,12H2,1-3H3,(H,23,24). The van der Waals surface area contributed by atoms with E-state index in [2.05, 4.69) is 24.1 Å². The predicted molar refractivity (Wildman–Crippen MR) is 106 cm³/mol. The molecular formula is C21H22N2O2S. The van der Waals surface area contributed by atoms with Gasteiger partial charge in [0.2, 0.25) is 0 Å². The fourth-order valence-electron chi connectivity index (χ4n) is 2.56. The smallest absolute Gasteiger partial charge is 0.259 e. The van der Waals surface area contributed by atoms with Crippen LogP contribution in [0.4, 0.5) is 5.69 Å². The van der Waals surface area contributed by atoms with Crippen molar-refractivity contribution in [2.75, 3.05) is 5.32 Å². The summed E-state index contributed by atoms with van der Waals surface area (Å²) in [5, 5.41) is 5.90. The first-order valence-corrected chi connectivity index (χ1v) is 9.45. The van der Waals surface area contributed by atoms with E-state index >= 15 is 0 Å². The lowest BCUT2D eigenvalue weighted by Crippen LogP contribution is -2.13. The normalized spacial score (nSPS) is 10.8. The molecule has 0 aliphatic carbocycles. The maximum atomic E-state index is 12.7. The highest BCUT2D eigenvalue weighted by atomic mass is 32.1. The summed E-state index contributed by atoms with van der Waals surface area (Å²) >= 11 is 1.58. The van der Waals surface area contributed by atoms with Crippen LogP contribution in [0.25, 0.3) is 0 Å². The largest absolute Gasteiger partial charge is 0.486 e. The number of benzene rings is 2. The maximum Gasteiger partial charge on any atom is 0.259 e. The minimum absolute atomic E-state index is 0.188. The summed E-state index contributed by atoms with van der Waals surface area (Å²) in [6.07, 6.45) is 0. The molecule has 0 spiro atoms. The third kappa shape index (κ3) is 4.49. The number of hydrogen-bond donors (Lipinski definition) is 1. The second-order valence-corrected chi connectivity index (χ2v) is 7.44. The molecule has 0 aliphatic rings. The van der Waals surface area contributed by atoms with E-state index in [0.717, 1.165) is 16.4 Å². The van der Waals surface area contributed by atoms with E-state index in [1.807, 2.05) is 48.7 Å². The van der Waals surface area contributed by atoms with E-state index in [0.29, 0.717) is 23.8 Å². The number of thiazole rings is 1. The first-order valence-electron chi connectivity index (χ1n) is 8.57. The van der Waals surface area contributed by atoms with Crippen LogP contribution < -0.4 is 10.1 Å². The number of hydrogen-bond acceptors (Lipinski definition) is 4. The number of carbonyl (C=O) groups is 1. The minimum atomic E-state index is -0.188. The lowest BCUT2D eigenvalue weighted by atomic mass is 10.0. The van der Waals surface area contributed by atoms with Crippen molar-refractivity contribution < 1.29 is 9.53 Å². The van der Waals surface area contributed by atoms with Gasteiger partial charge >= 0.3 is 0 Å². The van der Waals surface area contributed by atoms with Crippen molar-refractivity contribution in [3.05, 3.63) is 75.7 Å². The summed E-state index contributed by atoms with van der Waals surface area (Å²) in [6.45, 7) is 6.59. The van der Waals surface area contributed by atoms with E-state index in [4.69, 9.17) is 4.74 Å². The van der Waals surface area contributed by atoms with Crippen molar-refractivity contribution in [1.82, 2.24) is 4.98 Å². The van der Waals surface area contributed by atoms with Gasteiger partial charge in [-0.2, -0.15) is 0 Å². The Bertz CT molecular complexity index is 885. The molecule has 0 aliphatic heterocycles. The molecule has 5 heteroatoms. The van der Waals surface area contributed by atoms with Crippen LogP contribution in [-0.4, -0.2) is 10.9 Å². The number of nitrogens with one attached hydrogen (secondary N) is 1. The summed E-state index contributed by atoms with van der Waals surface area (Å²) < 4.78 is 5.83. The molecule has 1 N–H and O–H groups in total. The Balaban J connectivity index is 1.70. The van der Waals surface area contributed by atoms with Crippen LogP contribution in [0.3, 0.4) is 0 Å². The van der Waals surface area contributed by atoms with Crippen LogP contribution >= 0.6 is 11.3 Å². The molecule has 0 bridgehead atoms. The summed E-state index contributed by atoms with van der Waals surface area (Å²) in [5.74, 6) is 0.824. The highest BCUT2D eigenvalue weighted by Crippen LogP contribution is 2.22. The zero-order valence-electron chi connectivity index (χ0n) is 15.2. The molecule has 134 valence electrons. The van der Waals surface area contributed by atoms with Gasteiger partial charge in [-0.3, -0.25) is 4.79 Å². The van der Waals surface area contributed by atoms with Gasteiger partial charge in [0.05, 0.1) is 16.3 Å². The molecule has 1 aromatic heterocycles. The van der Waals surface area contributed by atoms with Crippen molar-refractivity contribution in [2.45, 2.75) is 33.3 Å². The Kier molecular flexibility index (Phi) is 5.68. The Morgan fingerprint density at radius 2 is 1.88 bits per heavy atom. The fraction of sp³-hybridized carbons (Fsp3) is 0.238. The van der Waals surface area contributed by atoms with Crippen molar-refractivity contribution >= 4 is 22.9 Å². The summed E-state index contributed by atoms with van der Waals surface area (Å²) in [6, 6.07) is 15.2. The Morgan fingerprint density at radius 1 is 1.15 bits per heavy atom. The zero-order chi connectivity index (χ0) is 18.5. The minimum Gasteiger partial charge on any atom is -0.486 e. The first kappa shape index (κ1) is 18.1. The first-order chi connectivity index (χ1) is 12.5. The highest BCUT2D eigenvalue weighted by Gasteiger charge is 2.13. The Morgan fingerprint density at radius 3 is 2.54 bits per heavy atom. The second kappa shape index (κ2) is 8.15. The molecular weight excluding hydrogens is 344 g/mol. The maximum absolute atomic E-state index is 12.7.